The standard InChI is InChI=1S/C19H18F2O5/c1-23-15-8-11-14(22)7-10(16(11)19(26-4)18(15)25-3)9-5-12(20)17(24-2)13(21)6-9/h5-6,8,10H,7H2,1-4H3. The Bertz CT molecular complexity index is 856. The molecule has 1 unspecified atom stereocenters. The van der Waals surface area contributed by atoms with Crippen molar-refractivity contribution in [1.82, 2.24) is 0 Å². The van der Waals surface area contributed by atoms with Crippen molar-refractivity contribution in [3.05, 3.63) is 46.5 Å². The molecule has 7 heteroatoms. The quantitative estimate of drug-likeness (QED) is 0.809. The third-order valence-corrected chi connectivity index (χ3v) is 4.53. The Hall–Kier alpha value is -2.83. The summed E-state index contributed by atoms with van der Waals surface area (Å²) in [7, 11) is 5.53. The average Bonchev–Trinajstić information content (AvgIpc) is 2.96. The van der Waals surface area contributed by atoms with Gasteiger partial charge in [0.1, 0.15) is 0 Å². The van der Waals surface area contributed by atoms with Gasteiger partial charge in [-0.3, -0.25) is 4.79 Å². The van der Waals surface area contributed by atoms with Crippen LogP contribution >= 0.6 is 0 Å². The van der Waals surface area contributed by atoms with Crippen molar-refractivity contribution in [3.8, 4) is 23.0 Å². The van der Waals surface area contributed by atoms with Crippen molar-refractivity contribution in [2.45, 2.75) is 12.3 Å². The Balaban J connectivity index is 2.23. The van der Waals surface area contributed by atoms with E-state index in [1.54, 1.807) is 6.07 Å². The van der Waals surface area contributed by atoms with Crippen LogP contribution in [-0.2, 0) is 0 Å². The molecule has 5 nitrogen and oxygen atoms in total. The van der Waals surface area contributed by atoms with Crippen LogP contribution in [-0.4, -0.2) is 34.2 Å². The van der Waals surface area contributed by atoms with Gasteiger partial charge in [-0.15, -0.1) is 0 Å². The van der Waals surface area contributed by atoms with Gasteiger partial charge >= 0.3 is 0 Å². The smallest absolute Gasteiger partial charge is 0.203 e. The van der Waals surface area contributed by atoms with Crippen LogP contribution in [0.5, 0.6) is 23.0 Å². The molecule has 0 aromatic heterocycles. The molecule has 1 aliphatic rings. The first-order valence-corrected chi connectivity index (χ1v) is 7.85. The first-order chi connectivity index (χ1) is 12.5. The second kappa shape index (κ2) is 6.82. The summed E-state index contributed by atoms with van der Waals surface area (Å²) in [5.74, 6) is -1.87. The molecule has 0 aliphatic heterocycles. The number of hydrogen-bond acceptors (Lipinski definition) is 5. The van der Waals surface area contributed by atoms with Gasteiger partial charge in [0.25, 0.3) is 0 Å². The molecule has 2 aromatic carbocycles. The Morgan fingerprint density at radius 3 is 1.92 bits per heavy atom. The summed E-state index contributed by atoms with van der Waals surface area (Å²) in [5.41, 5.74) is 1.23. The molecule has 0 saturated heterocycles. The number of fused-ring (bicyclic) bond motifs is 1. The summed E-state index contributed by atoms with van der Waals surface area (Å²) in [6, 6.07) is 3.91. The van der Waals surface area contributed by atoms with Crippen molar-refractivity contribution in [1.29, 1.82) is 0 Å². The minimum Gasteiger partial charge on any atom is -0.493 e. The third kappa shape index (κ3) is 2.64. The molecule has 0 fully saturated rings. The van der Waals surface area contributed by atoms with E-state index in [1.807, 2.05) is 0 Å². The van der Waals surface area contributed by atoms with Crippen LogP contribution in [0.4, 0.5) is 8.78 Å². The number of ether oxygens (including phenoxy) is 4. The molecule has 1 atom stereocenters. The minimum atomic E-state index is -0.831. The summed E-state index contributed by atoms with van der Waals surface area (Å²) < 4.78 is 49.1. The third-order valence-electron chi connectivity index (χ3n) is 4.53. The molecule has 1 aliphatic carbocycles. The lowest BCUT2D eigenvalue weighted by Crippen LogP contribution is -2.04. The molecule has 2 aromatic rings. The molecule has 0 bridgehead atoms. The van der Waals surface area contributed by atoms with Crippen LogP contribution in [0.2, 0.25) is 0 Å². The zero-order valence-electron chi connectivity index (χ0n) is 14.8. The molecule has 3 rings (SSSR count). The fourth-order valence-corrected chi connectivity index (χ4v) is 3.41. The normalized spacial score (nSPS) is 15.6. The Morgan fingerprint density at radius 1 is 0.846 bits per heavy atom. The maximum absolute atomic E-state index is 14.2. The highest BCUT2D eigenvalue weighted by atomic mass is 19.1. The van der Waals surface area contributed by atoms with Gasteiger partial charge in [0, 0.05) is 23.5 Å². The Kier molecular flexibility index (Phi) is 4.71. The number of halogens is 2. The summed E-state index contributed by atoms with van der Waals surface area (Å²) in [5, 5.41) is 0. The van der Waals surface area contributed by atoms with E-state index >= 15 is 0 Å². The highest BCUT2D eigenvalue weighted by molar-refractivity contribution is 6.03. The molecule has 0 spiro atoms. The Labute approximate surface area is 149 Å². The number of carbonyl (C=O) groups excluding carboxylic acids is 1. The van der Waals surface area contributed by atoms with Crippen molar-refractivity contribution < 1.29 is 32.5 Å². The van der Waals surface area contributed by atoms with E-state index in [0.29, 0.717) is 33.9 Å². The molecule has 0 amide bonds. The summed E-state index contributed by atoms with van der Waals surface area (Å²) >= 11 is 0. The topological polar surface area (TPSA) is 54.0 Å². The second-order valence-electron chi connectivity index (χ2n) is 5.80. The maximum atomic E-state index is 14.2. The number of hydrogen-bond donors (Lipinski definition) is 0. The van der Waals surface area contributed by atoms with Crippen LogP contribution in [0.1, 0.15) is 33.8 Å². The van der Waals surface area contributed by atoms with Gasteiger partial charge in [-0.2, -0.15) is 0 Å². The van der Waals surface area contributed by atoms with Gasteiger partial charge in [-0.05, 0) is 23.8 Å². The predicted octanol–water partition coefficient (Wildman–Crippen LogP) is 3.72. The van der Waals surface area contributed by atoms with Crippen molar-refractivity contribution in [2.24, 2.45) is 0 Å². The van der Waals surface area contributed by atoms with Crippen LogP contribution in [0.3, 0.4) is 0 Å². The summed E-state index contributed by atoms with van der Waals surface area (Å²) in [6.07, 6.45) is 0.0627. The molecule has 0 saturated carbocycles. The van der Waals surface area contributed by atoms with Gasteiger partial charge in [-0.1, -0.05) is 0 Å². The zero-order chi connectivity index (χ0) is 19.0. The van der Waals surface area contributed by atoms with E-state index in [1.165, 1.54) is 40.6 Å². The maximum Gasteiger partial charge on any atom is 0.203 e. The van der Waals surface area contributed by atoms with Gasteiger partial charge < -0.3 is 18.9 Å². The van der Waals surface area contributed by atoms with E-state index in [9.17, 15) is 13.6 Å². The van der Waals surface area contributed by atoms with Crippen LogP contribution in [0.25, 0.3) is 0 Å². The van der Waals surface area contributed by atoms with Crippen molar-refractivity contribution in [3.63, 3.8) is 0 Å². The van der Waals surface area contributed by atoms with E-state index in [-0.39, 0.29) is 12.2 Å². The number of Topliss-reactive ketones (excluding diaryl/α,β-unsaturated/α-hetero) is 1. The first-order valence-electron chi connectivity index (χ1n) is 7.85. The van der Waals surface area contributed by atoms with Crippen LogP contribution in [0.15, 0.2) is 18.2 Å². The van der Waals surface area contributed by atoms with E-state index in [2.05, 4.69) is 0 Å². The van der Waals surface area contributed by atoms with E-state index in [0.717, 1.165) is 0 Å². The van der Waals surface area contributed by atoms with Gasteiger partial charge in [0.15, 0.2) is 34.7 Å². The lowest BCUT2D eigenvalue weighted by molar-refractivity contribution is 0.0991. The van der Waals surface area contributed by atoms with E-state index in [4.69, 9.17) is 18.9 Å². The van der Waals surface area contributed by atoms with Gasteiger partial charge in [0.2, 0.25) is 5.75 Å². The number of rotatable bonds is 5. The van der Waals surface area contributed by atoms with Crippen LogP contribution in [0, 0.1) is 11.6 Å². The molecular formula is C19H18F2O5. The SMILES string of the molecule is COc1cc2c(c(OC)c1OC)C(c1cc(F)c(OC)c(F)c1)CC2=O. The molecule has 138 valence electrons. The number of carbonyl (C=O) groups is 1. The van der Waals surface area contributed by atoms with Crippen LogP contribution < -0.4 is 18.9 Å². The van der Waals surface area contributed by atoms with Crippen molar-refractivity contribution in [2.75, 3.05) is 28.4 Å². The number of methoxy groups -OCH3 is 4. The summed E-state index contributed by atoms with van der Waals surface area (Å²) in [6.45, 7) is 0. The first kappa shape index (κ1) is 18.0. The fourth-order valence-electron chi connectivity index (χ4n) is 3.41. The molecule has 0 heterocycles. The monoisotopic (exact) mass is 364 g/mol. The highest BCUT2D eigenvalue weighted by Gasteiger charge is 2.37. The van der Waals surface area contributed by atoms with E-state index < -0.39 is 23.3 Å². The summed E-state index contributed by atoms with van der Waals surface area (Å²) in [4.78, 5) is 12.5. The number of benzene rings is 2. The largest absolute Gasteiger partial charge is 0.493 e. The zero-order valence-corrected chi connectivity index (χ0v) is 14.8. The fraction of sp³-hybridized carbons (Fsp3) is 0.316. The predicted molar refractivity (Wildman–Crippen MR) is 89.8 cm³/mol. The molecular weight excluding hydrogens is 346 g/mol. The minimum absolute atomic E-state index is 0.0627. The average molecular weight is 364 g/mol. The van der Waals surface area contributed by atoms with Crippen molar-refractivity contribution >= 4 is 5.78 Å². The van der Waals surface area contributed by atoms with Gasteiger partial charge in [0.05, 0.1) is 28.4 Å². The highest BCUT2D eigenvalue weighted by Crippen LogP contribution is 2.51. The number of ketones is 1. The second-order valence-corrected chi connectivity index (χ2v) is 5.80. The Morgan fingerprint density at radius 2 is 1.42 bits per heavy atom. The molecule has 26 heavy (non-hydrogen) atoms. The molecule has 0 N–H and O–H groups in total. The lowest BCUT2D eigenvalue weighted by Gasteiger charge is -2.19. The molecule has 0 radical (unpaired) electrons. The van der Waals surface area contributed by atoms with Gasteiger partial charge in [-0.25, -0.2) is 8.78 Å². The lowest BCUT2D eigenvalue weighted by atomic mass is 9.91.